The average molecular weight is 273 g/mol. The minimum absolute atomic E-state index is 0.255. The monoisotopic (exact) mass is 272 g/mol. The molecule has 1 nitrogen and oxygen atoms in total. The molecular weight excluding hydrogens is 260 g/mol. The third-order valence-electron chi connectivity index (χ3n) is 1.97. The second-order valence-electron chi connectivity index (χ2n) is 3.06. The van der Waals surface area contributed by atoms with E-state index >= 15 is 0 Å². The smallest absolute Gasteiger partial charge is 0.162 e. The molecule has 0 bridgehead atoms. The Morgan fingerprint density at radius 1 is 1.21 bits per heavy atom. The van der Waals surface area contributed by atoms with Gasteiger partial charge in [-0.25, -0.2) is 0 Å². The Balaban J connectivity index is 2.29. The van der Waals surface area contributed by atoms with Gasteiger partial charge in [0.2, 0.25) is 0 Å². The van der Waals surface area contributed by atoms with Crippen LogP contribution in [0.1, 0.15) is 29.6 Å². The second kappa shape index (κ2) is 7.07. The molecule has 1 aromatic carbocycles. The minimum Gasteiger partial charge on any atom is -0.294 e. The Kier molecular flexibility index (Phi) is 5.96. The van der Waals surface area contributed by atoms with Gasteiger partial charge in [0.25, 0.3) is 0 Å². The summed E-state index contributed by atoms with van der Waals surface area (Å²) in [5, 5.41) is 0. The van der Waals surface area contributed by atoms with Gasteiger partial charge in [-0.2, -0.15) is 0 Å². The Hall–Kier alpha value is -0.280. The van der Waals surface area contributed by atoms with Gasteiger partial charge < -0.3 is 0 Å². The highest BCUT2D eigenvalue weighted by Crippen LogP contribution is 2.14. The van der Waals surface area contributed by atoms with E-state index in [-0.39, 0.29) is 5.78 Å². The van der Waals surface area contributed by atoms with Gasteiger partial charge in [0.15, 0.2) is 5.78 Å². The predicted octanol–water partition coefficient (Wildman–Crippen LogP) is 4.08. The zero-order chi connectivity index (χ0) is 10.2. The lowest BCUT2D eigenvalue weighted by atomic mass is 10.1. The molecule has 0 aliphatic rings. The molecule has 0 aromatic heterocycles. The van der Waals surface area contributed by atoms with Crippen molar-refractivity contribution in [2.24, 2.45) is 0 Å². The number of hydrogen-bond donors (Lipinski definition) is 0. The van der Waals surface area contributed by atoms with Crippen molar-refractivity contribution >= 4 is 30.8 Å². The van der Waals surface area contributed by atoms with Gasteiger partial charge in [-0.15, -0.1) is 0 Å². The quantitative estimate of drug-likeness (QED) is 0.573. The van der Waals surface area contributed by atoms with Crippen molar-refractivity contribution in [3.8, 4) is 0 Å². The molecule has 0 spiro atoms. The van der Waals surface area contributed by atoms with Gasteiger partial charge in [0, 0.05) is 17.7 Å². The maximum Gasteiger partial charge on any atom is 0.162 e. The highest BCUT2D eigenvalue weighted by Gasteiger charge is 2.03. The first-order chi connectivity index (χ1) is 6.84. The van der Waals surface area contributed by atoms with Crippen LogP contribution >= 0.6 is 25.0 Å². The molecule has 0 aliphatic carbocycles. The topological polar surface area (TPSA) is 17.1 Å². The summed E-state index contributed by atoms with van der Waals surface area (Å²) in [4.78, 5) is 11.6. The Bertz CT molecular complexity index is 274. The molecule has 0 saturated heterocycles. The molecule has 0 N–H and O–H groups in total. The van der Waals surface area contributed by atoms with Gasteiger partial charge in [0.05, 0.1) is 0 Å². The zero-order valence-electron chi connectivity index (χ0n) is 7.91. The number of ketones is 1. The van der Waals surface area contributed by atoms with Crippen LogP contribution in [-0.4, -0.2) is 11.5 Å². The molecule has 3 heteroatoms. The fraction of sp³-hybridized carbons (Fsp3) is 0.364. The van der Waals surface area contributed by atoms with Crippen molar-refractivity contribution in [2.75, 3.05) is 5.75 Å². The SMILES string of the molecule is O=C(CCCCSBr)c1ccccc1. The number of rotatable bonds is 6. The van der Waals surface area contributed by atoms with E-state index in [9.17, 15) is 4.79 Å². The van der Waals surface area contributed by atoms with E-state index in [2.05, 4.69) is 14.8 Å². The van der Waals surface area contributed by atoms with E-state index in [0.29, 0.717) is 6.42 Å². The number of Topliss-reactive ketones (excluding diaryl/α,β-unsaturated/α-hetero) is 1. The number of unbranched alkanes of at least 4 members (excludes halogenated alkanes) is 1. The molecule has 1 rings (SSSR count). The third-order valence-corrected chi connectivity index (χ3v) is 3.39. The van der Waals surface area contributed by atoms with Crippen LogP contribution in [0.3, 0.4) is 0 Å². The number of benzene rings is 1. The standard InChI is InChI=1S/C11H13BrOS/c12-14-9-5-4-8-11(13)10-6-2-1-3-7-10/h1-3,6-7H,4-5,8-9H2. The molecule has 1 aromatic rings. The maximum absolute atomic E-state index is 11.6. The molecule has 0 fully saturated rings. The minimum atomic E-state index is 0.255. The number of carbonyl (C=O) groups excluding carboxylic acids is 1. The molecule has 0 amide bonds. The van der Waals surface area contributed by atoms with Gasteiger partial charge >= 0.3 is 0 Å². The van der Waals surface area contributed by atoms with Crippen LogP contribution in [0.4, 0.5) is 0 Å². The van der Waals surface area contributed by atoms with Gasteiger partial charge in [0.1, 0.15) is 0 Å². The Morgan fingerprint density at radius 2 is 1.93 bits per heavy atom. The van der Waals surface area contributed by atoms with Gasteiger partial charge in [-0.3, -0.25) is 4.79 Å². The first kappa shape index (κ1) is 11.8. The average Bonchev–Trinajstić information content (AvgIpc) is 2.25. The summed E-state index contributed by atoms with van der Waals surface area (Å²) in [6, 6.07) is 9.49. The van der Waals surface area contributed by atoms with Crippen molar-refractivity contribution in [1.82, 2.24) is 0 Å². The summed E-state index contributed by atoms with van der Waals surface area (Å²) in [5.74, 6) is 1.33. The highest BCUT2D eigenvalue weighted by molar-refractivity contribution is 9.50. The molecule has 0 radical (unpaired) electrons. The summed E-state index contributed by atoms with van der Waals surface area (Å²) in [6.07, 6.45) is 2.73. The maximum atomic E-state index is 11.6. The summed E-state index contributed by atoms with van der Waals surface area (Å²) < 4.78 is 0. The van der Waals surface area contributed by atoms with Crippen LogP contribution in [0.5, 0.6) is 0 Å². The van der Waals surface area contributed by atoms with Crippen molar-refractivity contribution in [1.29, 1.82) is 0 Å². The lowest BCUT2D eigenvalue weighted by Gasteiger charge is -1.99. The highest BCUT2D eigenvalue weighted by atomic mass is 79.9. The van der Waals surface area contributed by atoms with Crippen molar-refractivity contribution < 1.29 is 4.79 Å². The lowest BCUT2D eigenvalue weighted by Crippen LogP contribution is -1.98. The van der Waals surface area contributed by atoms with Crippen LogP contribution in [0.2, 0.25) is 0 Å². The third kappa shape index (κ3) is 4.29. The summed E-state index contributed by atoms with van der Waals surface area (Å²) in [6.45, 7) is 0. The van der Waals surface area contributed by atoms with Crippen LogP contribution in [-0.2, 0) is 0 Å². The number of hydrogen-bond acceptors (Lipinski definition) is 2. The first-order valence-electron chi connectivity index (χ1n) is 4.66. The van der Waals surface area contributed by atoms with Gasteiger partial charge in [-0.1, -0.05) is 40.5 Å². The van der Waals surface area contributed by atoms with Crippen LogP contribution in [0, 0.1) is 0 Å². The van der Waals surface area contributed by atoms with E-state index in [0.717, 1.165) is 24.2 Å². The van der Waals surface area contributed by atoms with Crippen LogP contribution in [0.15, 0.2) is 30.3 Å². The first-order valence-corrected chi connectivity index (χ1v) is 7.49. The van der Waals surface area contributed by atoms with Gasteiger partial charge in [-0.05, 0) is 27.7 Å². The van der Waals surface area contributed by atoms with E-state index in [4.69, 9.17) is 0 Å². The molecule has 0 unspecified atom stereocenters. The summed E-state index contributed by atoms with van der Waals surface area (Å²) in [7, 11) is 1.65. The summed E-state index contributed by atoms with van der Waals surface area (Å²) >= 11 is 3.29. The predicted molar refractivity (Wildman–Crippen MR) is 66.0 cm³/mol. The van der Waals surface area contributed by atoms with Crippen LogP contribution < -0.4 is 0 Å². The summed E-state index contributed by atoms with van der Waals surface area (Å²) in [5.41, 5.74) is 0.832. The molecular formula is C11H13BrOS. The van der Waals surface area contributed by atoms with Crippen molar-refractivity contribution in [2.45, 2.75) is 19.3 Å². The Labute approximate surface area is 96.5 Å². The molecule has 76 valence electrons. The molecule has 14 heavy (non-hydrogen) atoms. The lowest BCUT2D eigenvalue weighted by molar-refractivity contribution is 0.0980. The molecule has 0 atom stereocenters. The van der Waals surface area contributed by atoms with Crippen molar-refractivity contribution in [3.05, 3.63) is 35.9 Å². The van der Waals surface area contributed by atoms with E-state index < -0.39 is 0 Å². The zero-order valence-corrected chi connectivity index (χ0v) is 10.3. The van der Waals surface area contributed by atoms with Crippen molar-refractivity contribution in [3.63, 3.8) is 0 Å². The van der Waals surface area contributed by atoms with E-state index in [1.807, 2.05) is 30.3 Å². The normalized spacial score (nSPS) is 10.1. The molecule has 0 heterocycles. The molecule has 0 aliphatic heterocycles. The Morgan fingerprint density at radius 3 is 2.57 bits per heavy atom. The largest absolute Gasteiger partial charge is 0.294 e. The fourth-order valence-corrected chi connectivity index (χ4v) is 2.21. The van der Waals surface area contributed by atoms with Crippen LogP contribution in [0.25, 0.3) is 0 Å². The second-order valence-corrected chi connectivity index (χ2v) is 5.06. The number of halogens is 1. The fourth-order valence-electron chi connectivity index (χ4n) is 1.21. The molecule has 0 saturated carbocycles. The van der Waals surface area contributed by atoms with E-state index in [1.165, 1.54) is 0 Å². The van der Waals surface area contributed by atoms with E-state index in [1.54, 1.807) is 10.2 Å². The number of carbonyl (C=O) groups is 1.